The predicted octanol–water partition coefficient (Wildman–Crippen LogP) is 2.84. The third-order valence-electron chi connectivity index (χ3n) is 2.35. The van der Waals surface area contributed by atoms with Crippen LogP contribution in [-0.4, -0.2) is 17.4 Å². The van der Waals surface area contributed by atoms with Gasteiger partial charge in [-0.2, -0.15) is 0 Å². The number of hydrogen-bond acceptors (Lipinski definition) is 4. The second-order valence-corrected chi connectivity index (χ2v) is 4.47. The van der Waals surface area contributed by atoms with Gasteiger partial charge in [-0.1, -0.05) is 0 Å². The highest BCUT2D eigenvalue weighted by Crippen LogP contribution is 2.19. The lowest BCUT2D eigenvalue weighted by molar-refractivity contribution is 0.0699. The van der Waals surface area contributed by atoms with Crippen molar-refractivity contribution in [1.29, 1.82) is 0 Å². The number of rotatable bonds is 5. The monoisotopic (exact) mass is 262 g/mol. The van der Waals surface area contributed by atoms with E-state index in [0.29, 0.717) is 21.8 Å². The zero-order chi connectivity index (χ0) is 13.0. The SMILES string of the molecule is O=Cc1ccc(OCc2ccsc2C(=O)O)cc1. The Morgan fingerprint density at radius 1 is 1.28 bits per heavy atom. The zero-order valence-electron chi connectivity index (χ0n) is 9.33. The van der Waals surface area contributed by atoms with Crippen LogP contribution in [-0.2, 0) is 6.61 Å². The van der Waals surface area contributed by atoms with Crippen molar-refractivity contribution in [2.45, 2.75) is 6.61 Å². The van der Waals surface area contributed by atoms with Crippen molar-refractivity contribution in [3.05, 3.63) is 51.7 Å². The van der Waals surface area contributed by atoms with Crippen LogP contribution in [0.1, 0.15) is 25.6 Å². The molecular formula is C13H10O4S. The van der Waals surface area contributed by atoms with E-state index in [0.717, 1.165) is 6.29 Å². The smallest absolute Gasteiger partial charge is 0.346 e. The van der Waals surface area contributed by atoms with Crippen LogP contribution in [0.3, 0.4) is 0 Å². The third-order valence-corrected chi connectivity index (χ3v) is 3.30. The van der Waals surface area contributed by atoms with Crippen LogP contribution in [0, 0.1) is 0 Å². The van der Waals surface area contributed by atoms with E-state index in [2.05, 4.69) is 0 Å². The molecule has 0 aliphatic heterocycles. The molecule has 1 aromatic heterocycles. The predicted molar refractivity (Wildman–Crippen MR) is 67.4 cm³/mol. The van der Waals surface area contributed by atoms with Crippen LogP contribution in [0.2, 0.25) is 0 Å². The number of benzene rings is 1. The van der Waals surface area contributed by atoms with E-state index in [-0.39, 0.29) is 6.61 Å². The molecule has 0 atom stereocenters. The van der Waals surface area contributed by atoms with Gasteiger partial charge in [-0.25, -0.2) is 4.79 Å². The molecule has 0 fully saturated rings. The number of aldehydes is 1. The summed E-state index contributed by atoms with van der Waals surface area (Å²) in [5.41, 5.74) is 1.22. The first-order chi connectivity index (χ1) is 8.70. The Hall–Kier alpha value is -2.14. The molecule has 18 heavy (non-hydrogen) atoms. The van der Waals surface area contributed by atoms with Gasteiger partial charge in [0.1, 0.15) is 23.5 Å². The minimum absolute atomic E-state index is 0.200. The summed E-state index contributed by atoms with van der Waals surface area (Å²) in [6.45, 7) is 0.200. The van der Waals surface area contributed by atoms with E-state index < -0.39 is 5.97 Å². The third kappa shape index (κ3) is 2.75. The minimum atomic E-state index is -0.945. The maximum atomic E-state index is 10.9. The first-order valence-electron chi connectivity index (χ1n) is 5.18. The fourth-order valence-electron chi connectivity index (χ4n) is 1.44. The molecule has 0 saturated carbocycles. The van der Waals surface area contributed by atoms with Crippen molar-refractivity contribution >= 4 is 23.6 Å². The quantitative estimate of drug-likeness (QED) is 0.841. The van der Waals surface area contributed by atoms with Gasteiger partial charge in [0, 0.05) is 11.1 Å². The van der Waals surface area contributed by atoms with Gasteiger partial charge in [0.2, 0.25) is 0 Å². The van der Waals surface area contributed by atoms with Gasteiger partial charge >= 0.3 is 5.97 Å². The molecule has 2 aromatic rings. The largest absolute Gasteiger partial charge is 0.489 e. The molecule has 0 amide bonds. The van der Waals surface area contributed by atoms with Crippen molar-refractivity contribution in [2.75, 3.05) is 0 Å². The Labute approximate surface area is 107 Å². The maximum Gasteiger partial charge on any atom is 0.346 e. The molecule has 0 aliphatic carbocycles. The highest BCUT2D eigenvalue weighted by molar-refractivity contribution is 7.12. The number of ether oxygens (including phenoxy) is 1. The molecule has 2 rings (SSSR count). The number of carbonyl (C=O) groups excluding carboxylic acids is 1. The molecular weight excluding hydrogens is 252 g/mol. The van der Waals surface area contributed by atoms with Crippen molar-refractivity contribution in [1.82, 2.24) is 0 Å². The average molecular weight is 262 g/mol. The minimum Gasteiger partial charge on any atom is -0.489 e. The van der Waals surface area contributed by atoms with Gasteiger partial charge in [0.25, 0.3) is 0 Å². The second kappa shape index (κ2) is 5.46. The van der Waals surface area contributed by atoms with Crippen LogP contribution in [0.4, 0.5) is 0 Å². The zero-order valence-corrected chi connectivity index (χ0v) is 10.1. The summed E-state index contributed by atoms with van der Waals surface area (Å²) in [5, 5.41) is 10.7. The Kier molecular flexibility index (Phi) is 3.74. The van der Waals surface area contributed by atoms with E-state index in [1.807, 2.05) is 0 Å². The Bertz CT molecular complexity index is 557. The Balaban J connectivity index is 2.04. The average Bonchev–Trinajstić information content (AvgIpc) is 2.85. The summed E-state index contributed by atoms with van der Waals surface area (Å²) >= 11 is 1.17. The molecule has 1 aromatic carbocycles. The van der Waals surface area contributed by atoms with Gasteiger partial charge < -0.3 is 9.84 Å². The number of aromatic carboxylic acids is 1. The van der Waals surface area contributed by atoms with Gasteiger partial charge in [-0.05, 0) is 35.7 Å². The van der Waals surface area contributed by atoms with Gasteiger partial charge in [-0.15, -0.1) is 11.3 Å². The van der Waals surface area contributed by atoms with Gasteiger partial charge in [-0.3, -0.25) is 4.79 Å². The number of thiophene rings is 1. The summed E-state index contributed by atoms with van der Waals surface area (Å²) in [5.74, 6) is -0.344. The number of carboxylic acid groups (broad SMARTS) is 1. The summed E-state index contributed by atoms with van der Waals surface area (Å²) in [6, 6.07) is 8.38. The highest BCUT2D eigenvalue weighted by atomic mass is 32.1. The van der Waals surface area contributed by atoms with Crippen LogP contribution in [0.15, 0.2) is 35.7 Å². The second-order valence-electron chi connectivity index (χ2n) is 3.56. The summed E-state index contributed by atoms with van der Waals surface area (Å²) in [4.78, 5) is 21.7. The molecule has 5 heteroatoms. The van der Waals surface area contributed by atoms with Crippen molar-refractivity contribution in [2.24, 2.45) is 0 Å². The molecule has 0 spiro atoms. The lowest BCUT2D eigenvalue weighted by Gasteiger charge is -2.05. The van der Waals surface area contributed by atoms with Crippen molar-refractivity contribution in [3.63, 3.8) is 0 Å². The highest BCUT2D eigenvalue weighted by Gasteiger charge is 2.11. The van der Waals surface area contributed by atoms with E-state index in [9.17, 15) is 9.59 Å². The molecule has 0 unspecified atom stereocenters. The number of carbonyl (C=O) groups is 2. The van der Waals surface area contributed by atoms with Crippen molar-refractivity contribution < 1.29 is 19.4 Å². The van der Waals surface area contributed by atoms with Gasteiger partial charge in [0.05, 0.1) is 0 Å². The van der Waals surface area contributed by atoms with Crippen LogP contribution in [0.5, 0.6) is 5.75 Å². The first-order valence-corrected chi connectivity index (χ1v) is 6.06. The lowest BCUT2D eigenvalue weighted by atomic mass is 10.2. The molecule has 1 heterocycles. The topological polar surface area (TPSA) is 63.6 Å². The Morgan fingerprint density at radius 3 is 2.61 bits per heavy atom. The standard InChI is InChI=1S/C13H10O4S/c14-7-9-1-3-11(4-2-9)17-8-10-5-6-18-12(10)13(15)16/h1-7H,8H2,(H,15,16). The normalized spacial score (nSPS) is 10.0. The van der Waals surface area contributed by atoms with Crippen LogP contribution in [0.25, 0.3) is 0 Å². The molecule has 0 aliphatic rings. The molecule has 0 saturated heterocycles. The van der Waals surface area contributed by atoms with E-state index >= 15 is 0 Å². The lowest BCUT2D eigenvalue weighted by Crippen LogP contribution is -2.01. The fourth-order valence-corrected chi connectivity index (χ4v) is 2.19. The van der Waals surface area contributed by atoms with E-state index in [4.69, 9.17) is 9.84 Å². The summed E-state index contributed by atoms with van der Waals surface area (Å²) in [7, 11) is 0. The first kappa shape index (κ1) is 12.3. The van der Waals surface area contributed by atoms with E-state index in [1.54, 1.807) is 35.7 Å². The molecule has 92 valence electrons. The Morgan fingerprint density at radius 2 is 2.00 bits per heavy atom. The summed E-state index contributed by atoms with van der Waals surface area (Å²) in [6.07, 6.45) is 0.755. The molecule has 0 bridgehead atoms. The number of hydrogen-bond donors (Lipinski definition) is 1. The maximum absolute atomic E-state index is 10.9. The summed E-state index contributed by atoms with van der Waals surface area (Å²) < 4.78 is 5.47. The van der Waals surface area contributed by atoms with Gasteiger partial charge in [0.15, 0.2) is 0 Å². The molecule has 4 nitrogen and oxygen atoms in total. The van der Waals surface area contributed by atoms with E-state index in [1.165, 1.54) is 11.3 Å². The molecule has 0 radical (unpaired) electrons. The fraction of sp³-hybridized carbons (Fsp3) is 0.0769. The van der Waals surface area contributed by atoms with Crippen molar-refractivity contribution in [3.8, 4) is 5.75 Å². The van der Waals surface area contributed by atoms with Crippen LogP contribution < -0.4 is 4.74 Å². The van der Waals surface area contributed by atoms with Crippen LogP contribution >= 0.6 is 11.3 Å². The number of carboxylic acids is 1. The molecule has 1 N–H and O–H groups in total.